The fourth-order valence-electron chi connectivity index (χ4n) is 2.43. The van der Waals surface area contributed by atoms with Crippen molar-refractivity contribution in [2.75, 3.05) is 13.1 Å². The molecule has 1 rings (SSSR count). The fourth-order valence-corrected chi connectivity index (χ4v) is 3.79. The minimum atomic E-state index is -3.82. The van der Waals surface area contributed by atoms with Gasteiger partial charge in [-0.25, -0.2) is 8.42 Å². The topological polar surface area (TPSA) is 37.4 Å². The van der Waals surface area contributed by atoms with Crippen LogP contribution in [0, 0.1) is 18.8 Å². The third-order valence-electron chi connectivity index (χ3n) is 3.91. The molecule has 0 unspecified atom stereocenters. The second kappa shape index (κ2) is 11.1. The van der Waals surface area contributed by atoms with Crippen LogP contribution >= 0.6 is 0 Å². The molecule has 0 spiro atoms. The Morgan fingerprint density at radius 3 is 2.42 bits per heavy atom. The lowest BCUT2D eigenvalue weighted by atomic mass is 10.1. The summed E-state index contributed by atoms with van der Waals surface area (Å²) in [6.07, 6.45) is 2.17. The lowest BCUT2D eigenvalue weighted by Gasteiger charge is -2.21. The van der Waals surface area contributed by atoms with Gasteiger partial charge >= 0.3 is 0 Å². The predicted octanol–water partition coefficient (Wildman–Crippen LogP) is 4.78. The van der Waals surface area contributed by atoms with Gasteiger partial charge in [0.05, 0.1) is 11.4 Å². The number of alkyl halides is 2. The molecular weight excluding hydrogens is 356 g/mol. The number of hydrogen-bond acceptors (Lipinski definition) is 2. The maximum Gasteiger partial charge on any atom is 0.298 e. The Hall–Kier alpha value is -1.71. The number of halogens is 2. The summed E-state index contributed by atoms with van der Waals surface area (Å²) in [5.74, 6) is 3.98. The van der Waals surface area contributed by atoms with E-state index in [1.807, 2.05) is 6.92 Å². The first-order valence-electron chi connectivity index (χ1n) is 8.77. The molecule has 1 aromatic carbocycles. The summed E-state index contributed by atoms with van der Waals surface area (Å²) in [7, 11) is -3.82. The highest BCUT2D eigenvalue weighted by Gasteiger charge is 2.24. The van der Waals surface area contributed by atoms with Gasteiger partial charge in [-0.05, 0) is 37.8 Å². The molecule has 144 valence electrons. The van der Waals surface area contributed by atoms with Crippen LogP contribution in [0.25, 0.3) is 0 Å². The van der Waals surface area contributed by atoms with E-state index >= 15 is 0 Å². The van der Waals surface area contributed by atoms with E-state index < -0.39 is 16.4 Å². The summed E-state index contributed by atoms with van der Waals surface area (Å²) in [5.41, 5.74) is 1.70. The van der Waals surface area contributed by atoms with Gasteiger partial charge in [0.15, 0.2) is 0 Å². The van der Waals surface area contributed by atoms with E-state index in [2.05, 4.69) is 19.4 Å². The van der Waals surface area contributed by atoms with Crippen LogP contribution in [0.4, 0.5) is 8.78 Å². The zero-order valence-corrected chi connectivity index (χ0v) is 16.3. The van der Waals surface area contributed by atoms with Gasteiger partial charge in [-0.3, -0.25) is 0 Å². The Labute approximate surface area is 156 Å². The Morgan fingerprint density at radius 2 is 1.85 bits per heavy atom. The zero-order valence-electron chi connectivity index (χ0n) is 15.5. The maximum atomic E-state index is 12.9. The first-order valence-corrected chi connectivity index (χ1v) is 10.2. The van der Waals surface area contributed by atoms with Crippen molar-refractivity contribution in [2.24, 2.45) is 0 Å². The van der Waals surface area contributed by atoms with Crippen molar-refractivity contribution in [1.29, 1.82) is 0 Å². The minimum Gasteiger partial charge on any atom is -0.207 e. The number of unbranched alkanes of at least 4 members (excludes halogenated alkanes) is 3. The average molecular weight is 384 g/mol. The van der Waals surface area contributed by atoms with Crippen LogP contribution in [0.5, 0.6) is 0 Å². The van der Waals surface area contributed by atoms with Gasteiger partial charge < -0.3 is 0 Å². The molecule has 26 heavy (non-hydrogen) atoms. The first kappa shape index (κ1) is 22.3. The fraction of sp³-hybridized carbons (Fsp3) is 0.500. The molecule has 0 aliphatic rings. The summed E-state index contributed by atoms with van der Waals surface area (Å²) < 4.78 is 51.4. The number of aryl methyl sites for hydroxylation is 1. The van der Waals surface area contributed by atoms with Crippen LogP contribution < -0.4 is 0 Å². The van der Waals surface area contributed by atoms with E-state index in [1.54, 1.807) is 18.1 Å². The lowest BCUT2D eigenvalue weighted by molar-refractivity contribution is 0.215. The van der Waals surface area contributed by atoms with E-state index in [0.717, 1.165) is 41.1 Å². The van der Waals surface area contributed by atoms with Gasteiger partial charge in [0.2, 0.25) is 10.0 Å². The molecule has 0 aliphatic heterocycles. The Morgan fingerprint density at radius 1 is 1.19 bits per heavy atom. The monoisotopic (exact) mass is 383 g/mol. The van der Waals surface area contributed by atoms with E-state index in [1.165, 1.54) is 12.1 Å². The Balaban J connectivity index is 2.92. The summed E-state index contributed by atoms with van der Waals surface area (Å²) in [6.45, 7) is 7.73. The molecule has 0 radical (unpaired) electrons. The van der Waals surface area contributed by atoms with Crippen molar-refractivity contribution < 1.29 is 17.2 Å². The van der Waals surface area contributed by atoms with Crippen LogP contribution in [0.3, 0.4) is 0 Å². The highest BCUT2D eigenvalue weighted by molar-refractivity contribution is 7.89. The predicted molar refractivity (Wildman–Crippen MR) is 102 cm³/mol. The summed E-state index contributed by atoms with van der Waals surface area (Å²) in [5, 5.41) is 0. The largest absolute Gasteiger partial charge is 0.298 e. The quantitative estimate of drug-likeness (QED) is 0.331. The molecule has 0 fully saturated rings. The van der Waals surface area contributed by atoms with Crippen molar-refractivity contribution >= 4 is 10.0 Å². The van der Waals surface area contributed by atoms with Gasteiger partial charge in [-0.1, -0.05) is 62.0 Å². The molecule has 0 bridgehead atoms. The van der Waals surface area contributed by atoms with Crippen molar-refractivity contribution in [3.05, 3.63) is 42.0 Å². The molecule has 0 heterocycles. The second-order valence-electron chi connectivity index (χ2n) is 6.27. The van der Waals surface area contributed by atoms with Gasteiger partial charge in [0.25, 0.3) is 6.43 Å². The Bertz CT molecular complexity index is 731. The molecule has 0 aliphatic carbocycles. The second-order valence-corrected chi connectivity index (χ2v) is 8.21. The molecule has 0 aromatic heterocycles. The summed E-state index contributed by atoms with van der Waals surface area (Å²) in [4.78, 5) is 0.126. The third-order valence-corrected chi connectivity index (χ3v) is 5.72. The number of hydrogen-bond donors (Lipinski definition) is 0. The number of benzene rings is 1. The van der Waals surface area contributed by atoms with Crippen LogP contribution in [0.2, 0.25) is 0 Å². The third kappa shape index (κ3) is 7.67. The Kier molecular flexibility index (Phi) is 9.53. The van der Waals surface area contributed by atoms with E-state index in [0.29, 0.717) is 6.42 Å². The molecule has 0 N–H and O–H groups in total. The number of rotatable bonds is 10. The van der Waals surface area contributed by atoms with Crippen LogP contribution in [0.1, 0.15) is 44.6 Å². The smallest absolute Gasteiger partial charge is 0.207 e. The molecule has 6 heteroatoms. The zero-order chi connectivity index (χ0) is 19.6. The highest BCUT2D eigenvalue weighted by atomic mass is 32.2. The molecule has 0 amide bonds. The van der Waals surface area contributed by atoms with E-state index in [9.17, 15) is 17.2 Å². The van der Waals surface area contributed by atoms with Crippen LogP contribution in [-0.2, 0) is 10.0 Å². The van der Waals surface area contributed by atoms with Gasteiger partial charge in [-0.2, -0.15) is 13.1 Å². The van der Waals surface area contributed by atoms with Gasteiger partial charge in [0.1, 0.15) is 0 Å². The number of sulfonamides is 1. The molecule has 0 saturated carbocycles. The average Bonchev–Trinajstić information content (AvgIpc) is 2.58. The first-order chi connectivity index (χ1) is 12.3. The SMILES string of the molecule is C=C(CCCCCC)CN(CC#CC(F)F)S(=O)(=O)c1ccc(C)cc1. The maximum absolute atomic E-state index is 12.9. The molecule has 0 saturated heterocycles. The van der Waals surface area contributed by atoms with Gasteiger partial charge in [-0.15, -0.1) is 0 Å². The van der Waals surface area contributed by atoms with Gasteiger partial charge in [0, 0.05) is 6.54 Å². The standard InChI is InChI=1S/C20H27F2NO2S/c1-4-5-6-7-9-18(3)16-23(15-8-10-20(21)22)26(24,25)19-13-11-17(2)12-14-19/h11-14,20H,3-7,9,15-16H2,1-2H3. The molecule has 0 atom stereocenters. The molecule has 1 aromatic rings. The minimum absolute atomic E-state index is 0.0836. The summed E-state index contributed by atoms with van der Waals surface area (Å²) in [6, 6.07) is 6.44. The molecular formula is C20H27F2NO2S. The van der Waals surface area contributed by atoms with E-state index in [4.69, 9.17) is 0 Å². The van der Waals surface area contributed by atoms with Crippen molar-refractivity contribution in [3.8, 4) is 11.8 Å². The molecule has 3 nitrogen and oxygen atoms in total. The summed E-state index contributed by atoms with van der Waals surface area (Å²) >= 11 is 0. The van der Waals surface area contributed by atoms with Crippen LogP contribution in [-0.4, -0.2) is 32.2 Å². The highest BCUT2D eigenvalue weighted by Crippen LogP contribution is 2.19. The van der Waals surface area contributed by atoms with Crippen molar-refractivity contribution in [2.45, 2.75) is 57.3 Å². The van der Waals surface area contributed by atoms with E-state index in [-0.39, 0.29) is 18.0 Å². The van der Waals surface area contributed by atoms with Crippen molar-refractivity contribution in [1.82, 2.24) is 4.31 Å². The normalized spacial score (nSPS) is 11.5. The van der Waals surface area contributed by atoms with Crippen molar-refractivity contribution in [3.63, 3.8) is 0 Å². The number of nitrogens with zero attached hydrogens (tertiary/aromatic N) is 1. The lowest BCUT2D eigenvalue weighted by Crippen LogP contribution is -2.33. The van der Waals surface area contributed by atoms with Crippen LogP contribution in [0.15, 0.2) is 41.3 Å².